The first kappa shape index (κ1) is 24.7. The maximum Gasteiger partial charge on any atom is 0.0431 e. The molecule has 0 heterocycles. The van der Waals surface area contributed by atoms with Gasteiger partial charge >= 0.3 is 0 Å². The van der Waals surface area contributed by atoms with E-state index >= 15 is 0 Å². The van der Waals surface area contributed by atoms with Crippen LogP contribution >= 0.6 is 0 Å². The van der Waals surface area contributed by atoms with Crippen LogP contribution < -0.4 is 0 Å². The second-order valence-electron chi connectivity index (χ2n) is 13.8. The van der Waals surface area contributed by atoms with E-state index in [4.69, 9.17) is 0 Å². The molecule has 0 aromatic heterocycles. The average molecular weight is 481 g/mol. The SMILES string of the molecule is OCCCC1(CC2(CCCO)C3CCCCC3C3CC=CC[C@H]32)C2CC=CCC2C2CCCCC21. The predicted octanol–water partition coefficient (Wildman–Crippen LogP) is 7.70. The molecule has 9 unspecified atom stereocenters. The molecule has 6 aliphatic carbocycles. The fourth-order valence-corrected chi connectivity index (χ4v) is 12.1. The molecular weight excluding hydrogens is 428 g/mol. The van der Waals surface area contributed by atoms with E-state index in [0.717, 1.165) is 60.2 Å². The lowest BCUT2D eigenvalue weighted by Gasteiger charge is -2.53. The van der Waals surface area contributed by atoms with Gasteiger partial charge in [-0.1, -0.05) is 50.0 Å². The summed E-state index contributed by atoms with van der Waals surface area (Å²) >= 11 is 0. The van der Waals surface area contributed by atoms with Gasteiger partial charge in [0.15, 0.2) is 0 Å². The zero-order chi connectivity index (χ0) is 23.9. The number of aliphatic hydroxyl groups excluding tert-OH is 2. The summed E-state index contributed by atoms with van der Waals surface area (Å²) in [6.07, 6.45) is 32.8. The summed E-state index contributed by atoms with van der Waals surface area (Å²) in [5.41, 5.74) is 0.827. The fourth-order valence-electron chi connectivity index (χ4n) is 12.1. The molecule has 35 heavy (non-hydrogen) atoms. The van der Waals surface area contributed by atoms with Gasteiger partial charge in [-0.15, -0.1) is 0 Å². The lowest BCUT2D eigenvalue weighted by molar-refractivity contribution is -0.0444. The summed E-state index contributed by atoms with van der Waals surface area (Å²) in [5, 5.41) is 20.2. The number of rotatable bonds is 8. The second-order valence-corrected chi connectivity index (χ2v) is 13.8. The normalized spacial score (nSPS) is 48.3. The Balaban J connectivity index is 1.45. The highest BCUT2D eigenvalue weighted by Crippen LogP contribution is 2.73. The van der Waals surface area contributed by atoms with Gasteiger partial charge in [0.1, 0.15) is 0 Å². The molecule has 6 aliphatic rings. The van der Waals surface area contributed by atoms with Gasteiger partial charge in [0.2, 0.25) is 0 Å². The summed E-state index contributed by atoms with van der Waals surface area (Å²) in [6.45, 7) is 0.716. The van der Waals surface area contributed by atoms with Crippen molar-refractivity contribution in [2.75, 3.05) is 13.2 Å². The molecule has 10 atom stereocenters. The third kappa shape index (κ3) is 3.94. The Kier molecular flexibility index (Phi) is 7.26. The van der Waals surface area contributed by atoms with Crippen molar-refractivity contribution in [2.24, 2.45) is 58.2 Å². The molecular formula is C33H52O2. The number of fused-ring (bicyclic) bond motifs is 6. The standard InChI is InChI=1S/C33H52O2/c34-21-9-19-32(28-15-5-1-11-24(28)25-12-2-6-16-29(25)32)23-33(20-10-22-35)30-17-7-3-13-26(30)27-14-4-8-18-31(27)33/h1,3,5,7,24-31,34-35H,2,4,6,8-23H2/t24?,25?,26?,27?,28-,29?,30?,31?,32?,33?/m1/s1. The van der Waals surface area contributed by atoms with E-state index in [9.17, 15) is 10.2 Å². The van der Waals surface area contributed by atoms with Crippen LogP contribution in [-0.2, 0) is 0 Å². The van der Waals surface area contributed by atoms with Gasteiger partial charge < -0.3 is 10.2 Å². The monoisotopic (exact) mass is 480 g/mol. The van der Waals surface area contributed by atoms with E-state index in [2.05, 4.69) is 24.3 Å². The van der Waals surface area contributed by atoms with Crippen LogP contribution in [0, 0.1) is 58.2 Å². The molecule has 0 aromatic carbocycles. The largest absolute Gasteiger partial charge is 0.396 e. The molecule has 0 spiro atoms. The van der Waals surface area contributed by atoms with Crippen LogP contribution in [0.15, 0.2) is 24.3 Å². The van der Waals surface area contributed by atoms with Gasteiger partial charge in [-0.2, -0.15) is 0 Å². The molecule has 2 heteroatoms. The molecule has 6 rings (SSSR count). The summed E-state index contributed by atoms with van der Waals surface area (Å²) in [4.78, 5) is 0. The van der Waals surface area contributed by atoms with E-state index in [-0.39, 0.29) is 0 Å². The van der Waals surface area contributed by atoms with Gasteiger partial charge in [-0.25, -0.2) is 0 Å². The molecule has 0 aromatic rings. The molecule has 0 amide bonds. The highest BCUT2D eigenvalue weighted by Gasteiger charge is 2.66. The Morgan fingerprint density at radius 3 is 1.40 bits per heavy atom. The van der Waals surface area contributed by atoms with Gasteiger partial charge in [-0.05, 0) is 142 Å². The lowest BCUT2D eigenvalue weighted by Crippen LogP contribution is -2.46. The van der Waals surface area contributed by atoms with E-state index in [1.54, 1.807) is 0 Å². The molecule has 2 nitrogen and oxygen atoms in total. The van der Waals surface area contributed by atoms with Crippen molar-refractivity contribution in [3.05, 3.63) is 24.3 Å². The fraction of sp³-hybridized carbons (Fsp3) is 0.879. The van der Waals surface area contributed by atoms with Crippen molar-refractivity contribution in [1.29, 1.82) is 0 Å². The Morgan fingerprint density at radius 1 is 0.514 bits per heavy atom. The molecule has 0 bridgehead atoms. The molecule has 0 radical (unpaired) electrons. The molecule has 4 saturated carbocycles. The second kappa shape index (κ2) is 10.3. The van der Waals surface area contributed by atoms with Gasteiger partial charge in [0.25, 0.3) is 0 Å². The summed E-state index contributed by atoms with van der Waals surface area (Å²) in [5.74, 6) is 7.06. The Bertz CT molecular complexity index is 722. The Morgan fingerprint density at radius 2 is 0.943 bits per heavy atom. The van der Waals surface area contributed by atoms with E-state index < -0.39 is 0 Å². The van der Waals surface area contributed by atoms with Gasteiger partial charge in [-0.3, -0.25) is 0 Å². The van der Waals surface area contributed by atoms with Crippen molar-refractivity contribution in [3.8, 4) is 0 Å². The van der Waals surface area contributed by atoms with E-state index in [1.807, 2.05) is 0 Å². The van der Waals surface area contributed by atoms with Crippen LogP contribution in [0.3, 0.4) is 0 Å². The van der Waals surface area contributed by atoms with Crippen LogP contribution in [0.5, 0.6) is 0 Å². The van der Waals surface area contributed by atoms with E-state index in [0.29, 0.717) is 24.0 Å². The first-order valence-corrected chi connectivity index (χ1v) is 15.8. The maximum absolute atomic E-state index is 10.1. The molecule has 0 aliphatic heterocycles. The highest BCUT2D eigenvalue weighted by molar-refractivity contribution is 5.18. The van der Waals surface area contributed by atoms with Crippen molar-refractivity contribution in [3.63, 3.8) is 0 Å². The summed E-state index contributed by atoms with van der Waals surface area (Å²) < 4.78 is 0. The van der Waals surface area contributed by atoms with Crippen molar-refractivity contribution in [2.45, 2.75) is 109 Å². The third-order valence-corrected chi connectivity index (χ3v) is 12.9. The first-order chi connectivity index (χ1) is 17.2. The van der Waals surface area contributed by atoms with E-state index in [1.165, 1.54) is 96.3 Å². The molecule has 196 valence electrons. The number of allylic oxidation sites excluding steroid dienone is 4. The van der Waals surface area contributed by atoms with Crippen LogP contribution in [0.4, 0.5) is 0 Å². The average Bonchev–Trinajstić information content (AvgIpc) is 3.35. The summed E-state index contributed by atoms with van der Waals surface area (Å²) in [7, 11) is 0. The van der Waals surface area contributed by atoms with Crippen LogP contribution in [0.25, 0.3) is 0 Å². The quantitative estimate of drug-likeness (QED) is 0.349. The van der Waals surface area contributed by atoms with Crippen molar-refractivity contribution >= 4 is 0 Å². The maximum atomic E-state index is 10.1. The topological polar surface area (TPSA) is 40.5 Å². The van der Waals surface area contributed by atoms with Gasteiger partial charge in [0, 0.05) is 13.2 Å². The zero-order valence-corrected chi connectivity index (χ0v) is 22.3. The first-order valence-electron chi connectivity index (χ1n) is 15.8. The molecule has 2 N–H and O–H groups in total. The summed E-state index contributed by atoms with van der Waals surface area (Å²) in [6, 6.07) is 0. The lowest BCUT2D eigenvalue weighted by atomic mass is 9.51. The zero-order valence-electron chi connectivity index (χ0n) is 22.3. The van der Waals surface area contributed by atoms with Crippen LogP contribution in [0.1, 0.15) is 109 Å². The van der Waals surface area contributed by atoms with Crippen LogP contribution in [0.2, 0.25) is 0 Å². The van der Waals surface area contributed by atoms with Gasteiger partial charge in [0.05, 0.1) is 0 Å². The highest BCUT2D eigenvalue weighted by atomic mass is 16.3. The van der Waals surface area contributed by atoms with Crippen molar-refractivity contribution in [1.82, 2.24) is 0 Å². The smallest absolute Gasteiger partial charge is 0.0431 e. The predicted molar refractivity (Wildman–Crippen MR) is 144 cm³/mol. The Labute approximate surface area is 215 Å². The minimum absolute atomic E-state index is 0.358. The number of hydrogen-bond acceptors (Lipinski definition) is 2. The minimum atomic E-state index is 0.358. The third-order valence-electron chi connectivity index (χ3n) is 12.9. The van der Waals surface area contributed by atoms with Crippen molar-refractivity contribution < 1.29 is 10.2 Å². The Hall–Kier alpha value is -0.600. The molecule has 0 saturated heterocycles. The molecule has 4 fully saturated rings. The number of hydrogen-bond donors (Lipinski definition) is 2. The number of aliphatic hydroxyl groups is 2. The minimum Gasteiger partial charge on any atom is -0.396 e. The van der Waals surface area contributed by atoms with Crippen LogP contribution in [-0.4, -0.2) is 23.4 Å².